The van der Waals surface area contributed by atoms with E-state index >= 15 is 0 Å². The summed E-state index contributed by atoms with van der Waals surface area (Å²) in [5.41, 5.74) is 5.64. The molecular weight excluding hydrogens is 184 g/mol. The molecular formula is C8H11N4O2. The number of aliphatic imine (C=N–C) groups is 1. The van der Waals surface area contributed by atoms with Crippen LogP contribution >= 0.6 is 0 Å². The Bertz CT molecular complexity index is 323. The Balaban J connectivity index is 2.09. The van der Waals surface area contributed by atoms with E-state index in [0.717, 1.165) is 0 Å². The van der Waals surface area contributed by atoms with Crippen molar-refractivity contribution in [3.8, 4) is 0 Å². The second-order valence-electron chi connectivity index (χ2n) is 3.30. The fourth-order valence-electron chi connectivity index (χ4n) is 1.52. The van der Waals surface area contributed by atoms with E-state index in [-0.39, 0.29) is 17.4 Å². The average Bonchev–Trinajstić information content (AvgIpc) is 2.73. The van der Waals surface area contributed by atoms with Crippen molar-refractivity contribution in [3.63, 3.8) is 0 Å². The van der Waals surface area contributed by atoms with E-state index in [2.05, 4.69) is 10.3 Å². The maximum atomic E-state index is 11.7. The van der Waals surface area contributed by atoms with Crippen LogP contribution < -0.4 is 11.1 Å². The highest BCUT2D eigenvalue weighted by molar-refractivity contribution is 5.97. The van der Waals surface area contributed by atoms with E-state index in [1.807, 2.05) is 0 Å². The van der Waals surface area contributed by atoms with Crippen LogP contribution in [0.4, 0.5) is 0 Å². The average molecular weight is 195 g/mol. The standard InChI is InChI=1S/C8H11N4O2/c9-7-6(10-4-11-7)8(14)12-2-1-5(13)3-12/h4-5,13H,1-3,9H2/t5-/m1/s1. The van der Waals surface area contributed by atoms with Gasteiger partial charge in [0.05, 0.1) is 6.10 Å². The summed E-state index contributed by atoms with van der Waals surface area (Å²) in [5.74, 6) is -0.104. The van der Waals surface area contributed by atoms with E-state index in [1.54, 1.807) is 0 Å². The van der Waals surface area contributed by atoms with Crippen LogP contribution in [0.25, 0.3) is 0 Å². The first-order chi connectivity index (χ1) is 6.68. The second-order valence-corrected chi connectivity index (χ2v) is 3.30. The molecule has 1 atom stereocenters. The van der Waals surface area contributed by atoms with Crippen molar-refractivity contribution < 1.29 is 9.90 Å². The zero-order valence-corrected chi connectivity index (χ0v) is 7.55. The van der Waals surface area contributed by atoms with Crippen LogP contribution in [-0.2, 0) is 4.79 Å². The van der Waals surface area contributed by atoms with Gasteiger partial charge in [-0.1, -0.05) is 0 Å². The molecule has 2 rings (SSSR count). The molecule has 2 aliphatic heterocycles. The number of nitrogens with two attached hydrogens (primary N) is 1. The highest BCUT2D eigenvalue weighted by Crippen LogP contribution is 2.15. The lowest BCUT2D eigenvalue weighted by molar-refractivity contribution is -0.126. The van der Waals surface area contributed by atoms with Gasteiger partial charge in [-0.15, -0.1) is 0 Å². The molecule has 0 aliphatic carbocycles. The zero-order valence-electron chi connectivity index (χ0n) is 7.55. The van der Waals surface area contributed by atoms with Gasteiger partial charge < -0.3 is 15.7 Å². The van der Waals surface area contributed by atoms with Crippen LogP contribution in [0.15, 0.2) is 16.5 Å². The molecule has 3 N–H and O–H groups in total. The highest BCUT2D eigenvalue weighted by atomic mass is 16.3. The van der Waals surface area contributed by atoms with Crippen molar-refractivity contribution in [1.29, 1.82) is 0 Å². The largest absolute Gasteiger partial charge is 0.391 e. The maximum Gasteiger partial charge on any atom is 0.276 e. The number of carbonyl (C=O) groups excluding carboxylic acids is 1. The van der Waals surface area contributed by atoms with E-state index in [0.29, 0.717) is 19.5 Å². The number of likely N-dealkylation sites (tertiary alicyclic amines) is 1. The molecule has 2 aliphatic rings. The highest BCUT2D eigenvalue weighted by Gasteiger charge is 2.29. The monoisotopic (exact) mass is 195 g/mol. The Kier molecular flexibility index (Phi) is 2.12. The summed E-state index contributed by atoms with van der Waals surface area (Å²) in [6.45, 7) is 0.900. The van der Waals surface area contributed by atoms with Gasteiger partial charge in [0.15, 0.2) is 11.5 Å². The fraction of sp³-hybridized carbons (Fsp3) is 0.500. The first-order valence-electron chi connectivity index (χ1n) is 4.39. The van der Waals surface area contributed by atoms with E-state index < -0.39 is 6.10 Å². The molecule has 6 heteroatoms. The molecule has 2 heterocycles. The minimum absolute atomic E-state index is 0.149. The first-order valence-corrected chi connectivity index (χ1v) is 4.39. The minimum Gasteiger partial charge on any atom is -0.391 e. The number of β-amino-alcohol motifs (C(OH)–C–C–N with tert-alkyl or cyclic N) is 1. The van der Waals surface area contributed by atoms with Gasteiger partial charge in [0.1, 0.15) is 6.34 Å². The predicted octanol–water partition coefficient (Wildman–Crippen LogP) is -1.65. The quantitative estimate of drug-likeness (QED) is 0.525. The van der Waals surface area contributed by atoms with Gasteiger partial charge in [0.2, 0.25) is 0 Å². The van der Waals surface area contributed by atoms with Crippen LogP contribution in [0.1, 0.15) is 6.42 Å². The van der Waals surface area contributed by atoms with E-state index in [1.165, 1.54) is 11.2 Å². The Morgan fingerprint density at radius 1 is 1.71 bits per heavy atom. The Labute approximate surface area is 81.1 Å². The number of amides is 1. The molecule has 0 aromatic carbocycles. The van der Waals surface area contributed by atoms with Crippen molar-refractivity contribution >= 4 is 12.2 Å². The van der Waals surface area contributed by atoms with Gasteiger partial charge in [-0.2, -0.15) is 0 Å². The smallest absolute Gasteiger partial charge is 0.276 e. The van der Waals surface area contributed by atoms with Crippen molar-refractivity contribution in [1.82, 2.24) is 10.2 Å². The molecule has 0 bridgehead atoms. The molecule has 0 unspecified atom stereocenters. The molecule has 0 aromatic rings. The Hall–Kier alpha value is -1.56. The van der Waals surface area contributed by atoms with Gasteiger partial charge in [0, 0.05) is 13.1 Å². The van der Waals surface area contributed by atoms with Crippen LogP contribution in [0, 0.1) is 0 Å². The number of aliphatic hydroxyl groups excluding tert-OH is 1. The summed E-state index contributed by atoms with van der Waals surface area (Å²) in [7, 11) is 0. The number of rotatable bonds is 1. The van der Waals surface area contributed by atoms with Crippen molar-refractivity contribution in [2.45, 2.75) is 12.5 Å². The lowest BCUT2D eigenvalue weighted by Gasteiger charge is -2.14. The SMILES string of the molecule is NC1=C(C(=O)N2CC[C@@H](O)C2)N=C[N]1. The van der Waals surface area contributed by atoms with Crippen LogP contribution in [-0.4, -0.2) is 41.4 Å². The van der Waals surface area contributed by atoms with Gasteiger partial charge in [-0.05, 0) is 6.42 Å². The van der Waals surface area contributed by atoms with E-state index in [4.69, 9.17) is 5.73 Å². The number of hydrogen-bond donors (Lipinski definition) is 2. The number of aliphatic hydroxyl groups is 1. The van der Waals surface area contributed by atoms with Gasteiger partial charge >= 0.3 is 0 Å². The van der Waals surface area contributed by atoms with Gasteiger partial charge in [-0.25, -0.2) is 10.3 Å². The topological polar surface area (TPSA) is 93.0 Å². The molecule has 0 aromatic heterocycles. The first kappa shape index (κ1) is 9.01. The predicted molar refractivity (Wildman–Crippen MR) is 49.0 cm³/mol. The van der Waals surface area contributed by atoms with Crippen molar-refractivity contribution in [2.24, 2.45) is 10.7 Å². The molecule has 75 valence electrons. The number of carbonyl (C=O) groups is 1. The molecule has 14 heavy (non-hydrogen) atoms. The molecule has 1 amide bonds. The fourth-order valence-corrected chi connectivity index (χ4v) is 1.52. The molecule has 1 radical (unpaired) electrons. The maximum absolute atomic E-state index is 11.7. The van der Waals surface area contributed by atoms with E-state index in [9.17, 15) is 9.90 Å². The molecule has 0 spiro atoms. The summed E-state index contributed by atoms with van der Waals surface area (Å²) in [6, 6.07) is 0. The lowest BCUT2D eigenvalue weighted by atomic mass is 10.3. The van der Waals surface area contributed by atoms with Crippen LogP contribution in [0.3, 0.4) is 0 Å². The Morgan fingerprint density at radius 3 is 3.00 bits per heavy atom. The van der Waals surface area contributed by atoms with Gasteiger partial charge in [-0.3, -0.25) is 4.79 Å². The van der Waals surface area contributed by atoms with Crippen LogP contribution in [0.5, 0.6) is 0 Å². The summed E-state index contributed by atoms with van der Waals surface area (Å²) in [5, 5.41) is 12.9. The molecule has 6 nitrogen and oxygen atoms in total. The number of nitrogens with zero attached hydrogens (tertiary/aromatic N) is 3. The lowest BCUT2D eigenvalue weighted by Crippen LogP contribution is -2.31. The second kappa shape index (κ2) is 3.30. The molecule has 1 fully saturated rings. The molecule has 1 saturated heterocycles. The number of hydrogen-bond acceptors (Lipinski definition) is 4. The normalized spacial score (nSPS) is 25.8. The molecule has 0 saturated carbocycles. The summed E-state index contributed by atoms with van der Waals surface area (Å²) in [6.07, 6.45) is 1.44. The van der Waals surface area contributed by atoms with Crippen molar-refractivity contribution in [2.75, 3.05) is 13.1 Å². The summed E-state index contributed by atoms with van der Waals surface area (Å²) < 4.78 is 0. The third kappa shape index (κ3) is 1.44. The minimum atomic E-state index is -0.428. The van der Waals surface area contributed by atoms with Crippen LogP contribution in [0.2, 0.25) is 0 Å². The third-order valence-electron chi connectivity index (χ3n) is 2.28. The summed E-state index contributed by atoms with van der Waals surface area (Å²) >= 11 is 0. The Morgan fingerprint density at radius 2 is 2.50 bits per heavy atom. The zero-order chi connectivity index (χ0) is 10.1. The van der Waals surface area contributed by atoms with Gasteiger partial charge in [0.25, 0.3) is 5.91 Å². The summed E-state index contributed by atoms with van der Waals surface area (Å²) in [4.78, 5) is 17.0. The van der Waals surface area contributed by atoms with Crippen molar-refractivity contribution in [3.05, 3.63) is 11.5 Å². The third-order valence-corrected chi connectivity index (χ3v) is 2.28.